The number of nitrogens with two attached hydrogens (primary N) is 2. The highest BCUT2D eigenvalue weighted by atomic mass is 16.1. The Kier molecular flexibility index (Phi) is 3.01. The second-order valence-electron chi connectivity index (χ2n) is 4.28. The SMILES string of the molecule is CC(Cn1cnc2ccc(N)cc2c1=O)C(N)=O. The second-order valence-corrected chi connectivity index (χ2v) is 4.28. The summed E-state index contributed by atoms with van der Waals surface area (Å²) in [5.41, 5.74) is 11.7. The number of rotatable bonds is 3. The van der Waals surface area contributed by atoms with Gasteiger partial charge in [-0.25, -0.2) is 4.98 Å². The molecule has 0 spiro atoms. The summed E-state index contributed by atoms with van der Waals surface area (Å²) in [5.74, 6) is -0.877. The Hall–Kier alpha value is -2.37. The van der Waals surface area contributed by atoms with Crippen LogP contribution in [-0.4, -0.2) is 15.5 Å². The smallest absolute Gasteiger partial charge is 0.261 e. The van der Waals surface area contributed by atoms with E-state index in [0.29, 0.717) is 16.6 Å². The van der Waals surface area contributed by atoms with Crippen LogP contribution < -0.4 is 17.0 Å². The number of carbonyl (C=O) groups is 1. The highest BCUT2D eigenvalue weighted by Crippen LogP contribution is 2.11. The first-order chi connectivity index (χ1) is 8.49. The van der Waals surface area contributed by atoms with E-state index in [1.807, 2.05) is 0 Å². The molecular formula is C12H14N4O2. The van der Waals surface area contributed by atoms with Crippen LogP contribution in [0.5, 0.6) is 0 Å². The van der Waals surface area contributed by atoms with Crippen LogP contribution in [0.4, 0.5) is 5.69 Å². The molecule has 0 saturated heterocycles. The van der Waals surface area contributed by atoms with Crippen molar-refractivity contribution >= 4 is 22.5 Å². The summed E-state index contributed by atoms with van der Waals surface area (Å²) in [6.07, 6.45) is 1.42. The first-order valence-corrected chi connectivity index (χ1v) is 5.53. The van der Waals surface area contributed by atoms with Crippen molar-refractivity contribution in [1.29, 1.82) is 0 Å². The Morgan fingerprint density at radius 1 is 1.50 bits per heavy atom. The number of primary amides is 1. The Bertz CT molecular complexity index is 663. The van der Waals surface area contributed by atoms with Gasteiger partial charge in [0.15, 0.2) is 0 Å². The third-order valence-electron chi connectivity index (χ3n) is 2.80. The largest absolute Gasteiger partial charge is 0.399 e. The van der Waals surface area contributed by atoms with Gasteiger partial charge >= 0.3 is 0 Å². The molecule has 1 aromatic heterocycles. The minimum absolute atomic E-state index is 0.214. The van der Waals surface area contributed by atoms with Gasteiger partial charge in [0.2, 0.25) is 5.91 Å². The average Bonchev–Trinajstić information content (AvgIpc) is 2.33. The molecule has 4 N–H and O–H groups in total. The van der Waals surface area contributed by atoms with Gasteiger partial charge in [-0.15, -0.1) is 0 Å². The maximum atomic E-state index is 12.2. The molecule has 0 fully saturated rings. The number of benzene rings is 1. The molecule has 2 aromatic rings. The summed E-state index contributed by atoms with van der Waals surface area (Å²) < 4.78 is 1.37. The number of carbonyl (C=O) groups excluding carboxylic acids is 1. The van der Waals surface area contributed by atoms with Crippen LogP contribution in [0.1, 0.15) is 6.92 Å². The highest BCUT2D eigenvalue weighted by molar-refractivity contribution is 5.80. The van der Waals surface area contributed by atoms with Crippen molar-refractivity contribution in [1.82, 2.24) is 9.55 Å². The molecule has 0 aliphatic carbocycles. The van der Waals surface area contributed by atoms with Gasteiger partial charge in [0.05, 0.1) is 23.1 Å². The minimum atomic E-state index is -0.449. The van der Waals surface area contributed by atoms with Crippen molar-refractivity contribution in [2.75, 3.05) is 5.73 Å². The molecule has 0 aliphatic heterocycles. The fraction of sp³-hybridized carbons (Fsp3) is 0.250. The van der Waals surface area contributed by atoms with Crippen molar-refractivity contribution in [3.8, 4) is 0 Å². The zero-order valence-corrected chi connectivity index (χ0v) is 9.96. The molecule has 0 aliphatic rings. The fourth-order valence-electron chi connectivity index (χ4n) is 1.69. The quantitative estimate of drug-likeness (QED) is 0.749. The summed E-state index contributed by atoms with van der Waals surface area (Å²) in [5, 5.41) is 0.439. The van der Waals surface area contributed by atoms with E-state index in [9.17, 15) is 9.59 Å². The monoisotopic (exact) mass is 246 g/mol. The van der Waals surface area contributed by atoms with Crippen LogP contribution in [0.3, 0.4) is 0 Å². The zero-order chi connectivity index (χ0) is 13.3. The molecule has 2 rings (SSSR count). The maximum Gasteiger partial charge on any atom is 0.261 e. The predicted octanol–water partition coefficient (Wildman–Crippen LogP) is 0.100. The van der Waals surface area contributed by atoms with Crippen molar-refractivity contribution in [3.63, 3.8) is 0 Å². The minimum Gasteiger partial charge on any atom is -0.399 e. The van der Waals surface area contributed by atoms with Crippen LogP contribution >= 0.6 is 0 Å². The summed E-state index contributed by atoms with van der Waals surface area (Å²) in [6.45, 7) is 1.88. The van der Waals surface area contributed by atoms with E-state index in [0.717, 1.165) is 0 Å². The van der Waals surface area contributed by atoms with E-state index in [1.165, 1.54) is 10.9 Å². The lowest BCUT2D eigenvalue weighted by molar-refractivity contribution is -0.121. The van der Waals surface area contributed by atoms with Gasteiger partial charge in [-0.05, 0) is 18.2 Å². The van der Waals surface area contributed by atoms with Crippen molar-refractivity contribution in [3.05, 3.63) is 34.9 Å². The molecule has 0 saturated carbocycles. The maximum absolute atomic E-state index is 12.2. The molecule has 1 heterocycles. The summed E-state index contributed by atoms with van der Waals surface area (Å²) >= 11 is 0. The van der Waals surface area contributed by atoms with Gasteiger partial charge in [-0.2, -0.15) is 0 Å². The third-order valence-corrected chi connectivity index (χ3v) is 2.80. The van der Waals surface area contributed by atoms with E-state index in [2.05, 4.69) is 4.98 Å². The van der Waals surface area contributed by atoms with Crippen LogP contribution in [0, 0.1) is 5.92 Å². The van der Waals surface area contributed by atoms with Crippen molar-refractivity contribution < 1.29 is 4.79 Å². The number of nitrogens with zero attached hydrogens (tertiary/aromatic N) is 2. The first-order valence-electron chi connectivity index (χ1n) is 5.53. The summed E-state index contributed by atoms with van der Waals surface area (Å²) in [6, 6.07) is 4.95. The van der Waals surface area contributed by atoms with Gasteiger partial charge in [-0.3, -0.25) is 14.2 Å². The lowest BCUT2D eigenvalue weighted by atomic mass is 10.1. The van der Waals surface area contributed by atoms with Gasteiger partial charge < -0.3 is 11.5 Å². The standard InChI is InChI=1S/C12H14N4O2/c1-7(11(14)17)5-16-6-15-10-3-2-8(13)4-9(10)12(16)18/h2-4,6-7H,5,13H2,1H3,(H2,14,17). The number of nitrogen functional groups attached to an aromatic ring is 1. The first kappa shape index (κ1) is 12.1. The number of fused-ring (bicyclic) bond motifs is 1. The Morgan fingerprint density at radius 2 is 2.22 bits per heavy atom. The highest BCUT2D eigenvalue weighted by Gasteiger charge is 2.12. The Labute approximate surface area is 103 Å². The molecule has 1 amide bonds. The molecule has 6 heteroatoms. The molecule has 94 valence electrons. The topological polar surface area (TPSA) is 104 Å². The van der Waals surface area contributed by atoms with Gasteiger partial charge in [0.1, 0.15) is 0 Å². The molecule has 18 heavy (non-hydrogen) atoms. The van der Waals surface area contributed by atoms with Gasteiger partial charge in [-0.1, -0.05) is 6.92 Å². The van der Waals surface area contributed by atoms with Crippen molar-refractivity contribution in [2.24, 2.45) is 11.7 Å². The van der Waals surface area contributed by atoms with Gasteiger partial charge in [0.25, 0.3) is 5.56 Å². The number of hydrogen-bond acceptors (Lipinski definition) is 4. The number of aromatic nitrogens is 2. The van der Waals surface area contributed by atoms with E-state index < -0.39 is 11.8 Å². The third kappa shape index (κ3) is 2.17. The predicted molar refractivity (Wildman–Crippen MR) is 68.8 cm³/mol. The molecule has 1 atom stereocenters. The second kappa shape index (κ2) is 4.48. The van der Waals surface area contributed by atoms with Crippen molar-refractivity contribution in [2.45, 2.75) is 13.5 Å². The summed E-state index contributed by atoms with van der Waals surface area (Å²) in [4.78, 5) is 27.3. The Balaban J connectivity index is 2.51. The molecule has 6 nitrogen and oxygen atoms in total. The zero-order valence-electron chi connectivity index (χ0n) is 9.96. The lowest BCUT2D eigenvalue weighted by Crippen LogP contribution is -2.30. The normalized spacial score (nSPS) is 12.5. The lowest BCUT2D eigenvalue weighted by Gasteiger charge is -2.10. The fourth-order valence-corrected chi connectivity index (χ4v) is 1.69. The van der Waals surface area contributed by atoms with Gasteiger partial charge in [0, 0.05) is 12.2 Å². The van der Waals surface area contributed by atoms with E-state index in [4.69, 9.17) is 11.5 Å². The number of anilines is 1. The average molecular weight is 246 g/mol. The Morgan fingerprint density at radius 3 is 2.89 bits per heavy atom. The van der Waals surface area contributed by atoms with Crippen LogP contribution in [0.25, 0.3) is 10.9 Å². The van der Waals surface area contributed by atoms with Crippen LogP contribution in [0.15, 0.2) is 29.3 Å². The molecule has 0 bridgehead atoms. The molecule has 1 unspecified atom stereocenters. The summed E-state index contributed by atoms with van der Waals surface area (Å²) in [7, 11) is 0. The molecule has 0 radical (unpaired) electrons. The van der Waals surface area contributed by atoms with E-state index in [1.54, 1.807) is 25.1 Å². The number of amides is 1. The number of hydrogen-bond donors (Lipinski definition) is 2. The van der Waals surface area contributed by atoms with Crippen LogP contribution in [-0.2, 0) is 11.3 Å². The molecule has 1 aromatic carbocycles. The van der Waals surface area contributed by atoms with E-state index >= 15 is 0 Å². The van der Waals surface area contributed by atoms with Crippen LogP contribution in [0.2, 0.25) is 0 Å². The molecular weight excluding hydrogens is 232 g/mol. The van der Waals surface area contributed by atoms with E-state index in [-0.39, 0.29) is 12.1 Å².